The Kier molecular flexibility index (Phi) is 3.76. The van der Waals surface area contributed by atoms with Crippen LogP contribution in [0.4, 0.5) is 0 Å². The van der Waals surface area contributed by atoms with Crippen LogP contribution in [0.5, 0.6) is 0 Å². The molecule has 20 heavy (non-hydrogen) atoms. The van der Waals surface area contributed by atoms with Crippen LogP contribution in [-0.4, -0.2) is 22.1 Å². The van der Waals surface area contributed by atoms with E-state index >= 15 is 0 Å². The quantitative estimate of drug-likeness (QED) is 0.865. The largest absolute Gasteiger partial charge is 0.312 e. The standard InChI is InChI=1S/C15H18ClN3O/c1-10-5-4-7-12-13(10)18-15(16)19(14(12)20)9-11-6-2-3-8-17-11/h4-5,7,11,17H,2-3,6,8-9H2,1H3. The molecule has 4 nitrogen and oxygen atoms in total. The molecular formula is C15H18ClN3O. The number of nitrogens with one attached hydrogen (secondary N) is 1. The van der Waals surface area contributed by atoms with Gasteiger partial charge in [0.05, 0.1) is 10.9 Å². The van der Waals surface area contributed by atoms with Crippen molar-refractivity contribution < 1.29 is 0 Å². The lowest BCUT2D eigenvalue weighted by atomic mass is 10.1. The number of para-hydroxylation sites is 1. The van der Waals surface area contributed by atoms with Gasteiger partial charge >= 0.3 is 0 Å². The van der Waals surface area contributed by atoms with Crippen LogP contribution >= 0.6 is 11.6 Å². The molecule has 106 valence electrons. The molecule has 1 aromatic carbocycles. The number of halogens is 1. The van der Waals surface area contributed by atoms with Gasteiger partial charge in [0, 0.05) is 12.6 Å². The van der Waals surface area contributed by atoms with Crippen molar-refractivity contribution in [3.05, 3.63) is 39.4 Å². The Morgan fingerprint density at radius 1 is 1.45 bits per heavy atom. The van der Waals surface area contributed by atoms with E-state index in [0.29, 0.717) is 23.5 Å². The zero-order chi connectivity index (χ0) is 14.1. The Morgan fingerprint density at radius 2 is 2.30 bits per heavy atom. The lowest BCUT2D eigenvalue weighted by Crippen LogP contribution is -2.40. The normalized spacial score (nSPS) is 19.4. The Bertz CT molecular complexity index is 689. The molecule has 2 heterocycles. The number of piperidine rings is 1. The third-order valence-electron chi connectivity index (χ3n) is 3.96. The van der Waals surface area contributed by atoms with Crippen LogP contribution in [-0.2, 0) is 6.54 Å². The highest BCUT2D eigenvalue weighted by Crippen LogP contribution is 2.17. The van der Waals surface area contributed by atoms with E-state index in [1.807, 2.05) is 25.1 Å². The molecule has 0 amide bonds. The molecule has 0 saturated carbocycles. The SMILES string of the molecule is Cc1cccc2c(=O)n(CC3CCCCN3)c(Cl)nc12. The van der Waals surface area contributed by atoms with Crippen LogP contribution in [0.2, 0.25) is 5.28 Å². The summed E-state index contributed by atoms with van der Waals surface area (Å²) in [6.07, 6.45) is 3.48. The summed E-state index contributed by atoms with van der Waals surface area (Å²) in [6, 6.07) is 5.96. The van der Waals surface area contributed by atoms with Gasteiger partial charge in [-0.3, -0.25) is 9.36 Å². The topological polar surface area (TPSA) is 46.9 Å². The summed E-state index contributed by atoms with van der Waals surface area (Å²) in [4.78, 5) is 17.0. The van der Waals surface area contributed by atoms with E-state index in [9.17, 15) is 4.79 Å². The van der Waals surface area contributed by atoms with Gasteiger partial charge in [0.15, 0.2) is 0 Å². The van der Waals surface area contributed by atoms with Gasteiger partial charge < -0.3 is 5.32 Å². The van der Waals surface area contributed by atoms with E-state index in [-0.39, 0.29) is 10.8 Å². The highest BCUT2D eigenvalue weighted by atomic mass is 35.5. The second kappa shape index (κ2) is 5.54. The molecule has 0 bridgehead atoms. The van der Waals surface area contributed by atoms with Crippen molar-refractivity contribution in [1.29, 1.82) is 0 Å². The fourth-order valence-corrected chi connectivity index (χ4v) is 3.05. The molecule has 5 heteroatoms. The van der Waals surface area contributed by atoms with Crippen molar-refractivity contribution in [2.24, 2.45) is 0 Å². The van der Waals surface area contributed by atoms with Crippen molar-refractivity contribution in [3.63, 3.8) is 0 Å². The number of benzene rings is 1. The van der Waals surface area contributed by atoms with Gasteiger partial charge in [0.1, 0.15) is 0 Å². The Morgan fingerprint density at radius 3 is 3.05 bits per heavy atom. The molecule has 1 aromatic heterocycles. The Balaban J connectivity index is 2.04. The molecule has 1 aliphatic heterocycles. The maximum atomic E-state index is 12.6. The first-order valence-corrected chi connectivity index (χ1v) is 7.43. The van der Waals surface area contributed by atoms with Gasteiger partial charge in [-0.15, -0.1) is 0 Å². The molecule has 1 unspecified atom stereocenters. The molecule has 2 aromatic rings. The molecule has 3 rings (SSSR count). The van der Waals surface area contributed by atoms with Crippen molar-refractivity contribution in [3.8, 4) is 0 Å². The van der Waals surface area contributed by atoms with Gasteiger partial charge in [-0.05, 0) is 49.5 Å². The number of fused-ring (bicyclic) bond motifs is 1. The summed E-state index contributed by atoms with van der Waals surface area (Å²) in [6.45, 7) is 3.55. The summed E-state index contributed by atoms with van der Waals surface area (Å²) in [5.41, 5.74) is 1.64. The molecular weight excluding hydrogens is 274 g/mol. The van der Waals surface area contributed by atoms with Crippen LogP contribution in [0, 0.1) is 6.92 Å². The molecule has 1 N–H and O–H groups in total. The first-order chi connectivity index (χ1) is 9.66. The number of hydrogen-bond donors (Lipinski definition) is 1. The summed E-state index contributed by atoms with van der Waals surface area (Å²) < 4.78 is 1.59. The van der Waals surface area contributed by atoms with Crippen LogP contribution < -0.4 is 10.9 Å². The zero-order valence-electron chi connectivity index (χ0n) is 11.5. The zero-order valence-corrected chi connectivity index (χ0v) is 12.3. The Labute approximate surface area is 122 Å². The second-order valence-electron chi connectivity index (χ2n) is 5.41. The number of aryl methyl sites for hydroxylation is 1. The number of aromatic nitrogens is 2. The third-order valence-corrected chi connectivity index (χ3v) is 4.24. The highest BCUT2D eigenvalue weighted by Gasteiger charge is 2.17. The predicted octanol–water partition coefficient (Wildman–Crippen LogP) is 2.50. The van der Waals surface area contributed by atoms with Gasteiger partial charge in [-0.1, -0.05) is 18.6 Å². The van der Waals surface area contributed by atoms with Crippen LogP contribution in [0.15, 0.2) is 23.0 Å². The van der Waals surface area contributed by atoms with Crippen LogP contribution in [0.3, 0.4) is 0 Å². The maximum Gasteiger partial charge on any atom is 0.262 e. The minimum absolute atomic E-state index is 0.0453. The third kappa shape index (κ3) is 2.45. The molecule has 1 aliphatic rings. The summed E-state index contributed by atoms with van der Waals surface area (Å²) in [5.74, 6) is 0. The molecule has 1 saturated heterocycles. The smallest absolute Gasteiger partial charge is 0.262 e. The van der Waals surface area contributed by atoms with Crippen LogP contribution in [0.1, 0.15) is 24.8 Å². The molecule has 0 aliphatic carbocycles. The lowest BCUT2D eigenvalue weighted by Gasteiger charge is -2.24. The maximum absolute atomic E-state index is 12.6. The number of hydrogen-bond acceptors (Lipinski definition) is 3. The van der Waals surface area contributed by atoms with Crippen molar-refractivity contribution in [1.82, 2.24) is 14.9 Å². The van der Waals surface area contributed by atoms with E-state index in [4.69, 9.17) is 11.6 Å². The summed E-state index contributed by atoms with van der Waals surface area (Å²) in [7, 11) is 0. The predicted molar refractivity (Wildman–Crippen MR) is 81.4 cm³/mol. The van der Waals surface area contributed by atoms with Gasteiger partial charge in [-0.25, -0.2) is 4.98 Å². The average molecular weight is 292 g/mol. The van der Waals surface area contributed by atoms with Crippen molar-refractivity contribution in [2.75, 3.05) is 6.54 Å². The summed E-state index contributed by atoms with van der Waals surface area (Å²) in [5, 5.41) is 4.36. The number of rotatable bonds is 2. The van der Waals surface area contributed by atoms with E-state index in [1.165, 1.54) is 12.8 Å². The number of nitrogens with zero attached hydrogens (tertiary/aromatic N) is 2. The average Bonchev–Trinajstić information content (AvgIpc) is 2.46. The lowest BCUT2D eigenvalue weighted by molar-refractivity contribution is 0.359. The van der Waals surface area contributed by atoms with Gasteiger partial charge in [-0.2, -0.15) is 0 Å². The van der Waals surface area contributed by atoms with E-state index in [1.54, 1.807) is 4.57 Å². The van der Waals surface area contributed by atoms with E-state index < -0.39 is 0 Å². The molecule has 1 atom stereocenters. The van der Waals surface area contributed by atoms with Crippen molar-refractivity contribution >= 4 is 22.5 Å². The van der Waals surface area contributed by atoms with Gasteiger partial charge in [0.2, 0.25) is 5.28 Å². The van der Waals surface area contributed by atoms with E-state index in [2.05, 4.69) is 10.3 Å². The highest BCUT2D eigenvalue weighted by molar-refractivity contribution is 6.28. The minimum atomic E-state index is -0.0453. The minimum Gasteiger partial charge on any atom is -0.312 e. The van der Waals surface area contributed by atoms with Gasteiger partial charge in [0.25, 0.3) is 5.56 Å². The van der Waals surface area contributed by atoms with Crippen molar-refractivity contribution in [2.45, 2.75) is 38.8 Å². The van der Waals surface area contributed by atoms with Crippen LogP contribution in [0.25, 0.3) is 10.9 Å². The fourth-order valence-electron chi connectivity index (χ4n) is 2.82. The molecule has 1 fully saturated rings. The molecule has 0 radical (unpaired) electrons. The summed E-state index contributed by atoms with van der Waals surface area (Å²) >= 11 is 6.22. The first kappa shape index (κ1) is 13.6. The monoisotopic (exact) mass is 291 g/mol. The van der Waals surface area contributed by atoms with E-state index in [0.717, 1.165) is 18.5 Å². The molecule has 0 spiro atoms. The first-order valence-electron chi connectivity index (χ1n) is 7.06. The second-order valence-corrected chi connectivity index (χ2v) is 5.75. The Hall–Kier alpha value is -1.39. The fraction of sp³-hybridized carbons (Fsp3) is 0.467.